The molecule has 0 spiro atoms. The van der Waals surface area contributed by atoms with Gasteiger partial charge in [-0.15, -0.1) is 0 Å². The van der Waals surface area contributed by atoms with Crippen molar-refractivity contribution in [1.29, 1.82) is 0 Å². The minimum Gasteiger partial charge on any atom is -0.321 e. The number of carbonyl (C=O) groups is 1. The van der Waals surface area contributed by atoms with Gasteiger partial charge in [0.05, 0.1) is 12.3 Å². The number of rotatable bonds is 5. The largest absolute Gasteiger partial charge is 0.321 e. The normalized spacial score (nSPS) is 19.5. The Morgan fingerprint density at radius 3 is 2.43 bits per heavy atom. The average Bonchev–Trinajstić information content (AvgIpc) is 2.77. The van der Waals surface area contributed by atoms with Gasteiger partial charge < -0.3 is 4.90 Å². The van der Waals surface area contributed by atoms with E-state index in [2.05, 4.69) is 31.3 Å². The zero-order valence-corrected chi connectivity index (χ0v) is 13.5. The van der Waals surface area contributed by atoms with Crippen molar-refractivity contribution >= 4 is 15.7 Å². The highest BCUT2D eigenvalue weighted by Gasteiger charge is 2.31. The molecule has 6 heteroatoms. The Kier molecular flexibility index (Phi) is 4.68. The number of nitrogens with one attached hydrogen (secondary N) is 1. The van der Waals surface area contributed by atoms with Gasteiger partial charge >= 0.3 is 0 Å². The third-order valence-electron chi connectivity index (χ3n) is 3.70. The number of amides is 1. The number of hydrogen-bond donors (Lipinski definition) is 1. The minimum atomic E-state index is -3.08. The van der Waals surface area contributed by atoms with Gasteiger partial charge in [-0.05, 0) is 17.0 Å². The number of sulfone groups is 1. The van der Waals surface area contributed by atoms with Gasteiger partial charge in [0.15, 0.2) is 0 Å². The van der Waals surface area contributed by atoms with Gasteiger partial charge in [-0.25, -0.2) is 8.42 Å². The molecular weight excluding hydrogens is 288 g/mol. The number of nitrogens with zero attached hydrogens (tertiary/aromatic N) is 1. The Morgan fingerprint density at radius 1 is 1.29 bits per heavy atom. The molecule has 1 saturated heterocycles. The lowest BCUT2D eigenvalue weighted by Crippen LogP contribution is -2.34. The van der Waals surface area contributed by atoms with E-state index < -0.39 is 9.84 Å². The van der Waals surface area contributed by atoms with E-state index in [9.17, 15) is 13.2 Å². The van der Waals surface area contributed by atoms with Gasteiger partial charge in [0.25, 0.3) is 0 Å². The summed E-state index contributed by atoms with van der Waals surface area (Å²) in [5, 5.41) is 3.14. The maximum atomic E-state index is 11.9. The summed E-state index contributed by atoms with van der Waals surface area (Å²) in [6, 6.07) is 8.11. The van der Waals surface area contributed by atoms with Crippen molar-refractivity contribution in [2.45, 2.75) is 25.9 Å². The Bertz CT molecular complexity index is 608. The van der Waals surface area contributed by atoms with Gasteiger partial charge in [-0.2, -0.15) is 0 Å². The standard InChI is InChI=1S/C15H22N2O3S/c1-11(2)12-4-6-13(7-5-12)15-16-10-14(18)17(15)8-9-21(3,19)20/h4-7,11,15-16H,8-10H2,1-3H3. The summed E-state index contributed by atoms with van der Waals surface area (Å²) in [7, 11) is -3.08. The van der Waals surface area contributed by atoms with Crippen LogP contribution in [0.2, 0.25) is 0 Å². The molecule has 1 aliphatic heterocycles. The molecule has 1 unspecified atom stereocenters. The highest BCUT2D eigenvalue weighted by atomic mass is 32.2. The summed E-state index contributed by atoms with van der Waals surface area (Å²) in [4.78, 5) is 13.5. The van der Waals surface area contributed by atoms with Crippen LogP contribution in [-0.2, 0) is 14.6 Å². The lowest BCUT2D eigenvalue weighted by molar-refractivity contribution is -0.127. The molecule has 5 nitrogen and oxygen atoms in total. The smallest absolute Gasteiger partial charge is 0.238 e. The molecule has 0 aromatic heterocycles. The van der Waals surface area contributed by atoms with Crippen LogP contribution in [0.15, 0.2) is 24.3 Å². The predicted octanol–water partition coefficient (Wildman–Crippen LogP) is 1.29. The zero-order valence-electron chi connectivity index (χ0n) is 12.7. The number of carbonyl (C=O) groups excluding carboxylic acids is 1. The van der Waals surface area contributed by atoms with Gasteiger partial charge in [-0.1, -0.05) is 38.1 Å². The fourth-order valence-electron chi connectivity index (χ4n) is 2.42. The van der Waals surface area contributed by atoms with Crippen molar-refractivity contribution in [3.8, 4) is 0 Å². The van der Waals surface area contributed by atoms with Crippen LogP contribution >= 0.6 is 0 Å². The number of benzene rings is 1. The predicted molar refractivity (Wildman–Crippen MR) is 82.7 cm³/mol. The third-order valence-corrected chi connectivity index (χ3v) is 4.62. The maximum Gasteiger partial charge on any atom is 0.238 e. The number of hydrogen-bond acceptors (Lipinski definition) is 4. The molecule has 2 rings (SSSR count). The molecule has 0 saturated carbocycles. The molecule has 21 heavy (non-hydrogen) atoms. The second-order valence-electron chi connectivity index (χ2n) is 5.82. The molecular formula is C15H22N2O3S. The molecule has 1 fully saturated rings. The average molecular weight is 310 g/mol. The van der Waals surface area contributed by atoms with Gasteiger partial charge in [0.2, 0.25) is 5.91 Å². The van der Waals surface area contributed by atoms with Gasteiger partial charge in [-0.3, -0.25) is 10.1 Å². The van der Waals surface area contributed by atoms with E-state index in [0.717, 1.165) is 5.56 Å². The molecule has 0 bridgehead atoms. The Hall–Kier alpha value is -1.40. The van der Waals surface area contributed by atoms with Crippen LogP contribution in [0.1, 0.15) is 37.1 Å². The molecule has 1 aromatic carbocycles. The second kappa shape index (κ2) is 6.15. The first-order chi connectivity index (χ1) is 9.78. The summed E-state index contributed by atoms with van der Waals surface area (Å²) < 4.78 is 22.6. The van der Waals surface area contributed by atoms with Crippen LogP contribution in [0.5, 0.6) is 0 Å². The summed E-state index contributed by atoms with van der Waals surface area (Å²) in [6.07, 6.45) is 0.952. The van der Waals surface area contributed by atoms with E-state index >= 15 is 0 Å². The summed E-state index contributed by atoms with van der Waals surface area (Å²) in [6.45, 7) is 4.73. The highest BCUT2D eigenvalue weighted by Crippen LogP contribution is 2.24. The first-order valence-electron chi connectivity index (χ1n) is 7.08. The summed E-state index contributed by atoms with van der Waals surface area (Å²) >= 11 is 0. The van der Waals surface area contributed by atoms with E-state index in [1.54, 1.807) is 4.90 Å². The van der Waals surface area contributed by atoms with Crippen molar-refractivity contribution in [3.63, 3.8) is 0 Å². The third kappa shape index (κ3) is 4.04. The molecule has 1 aliphatic rings. The van der Waals surface area contributed by atoms with Crippen LogP contribution < -0.4 is 5.32 Å². The molecule has 116 valence electrons. The Balaban J connectivity index is 2.15. The lowest BCUT2D eigenvalue weighted by atomic mass is 10.0. The molecule has 1 atom stereocenters. The minimum absolute atomic E-state index is 0.0129. The van der Waals surface area contributed by atoms with Crippen molar-refractivity contribution < 1.29 is 13.2 Å². The second-order valence-corrected chi connectivity index (χ2v) is 8.08. The molecule has 0 aliphatic carbocycles. The van der Waals surface area contributed by atoms with Gasteiger partial charge in [0.1, 0.15) is 16.0 Å². The lowest BCUT2D eigenvalue weighted by Gasteiger charge is -2.24. The summed E-state index contributed by atoms with van der Waals surface area (Å²) in [5.41, 5.74) is 2.23. The van der Waals surface area contributed by atoms with Crippen molar-refractivity contribution in [3.05, 3.63) is 35.4 Å². The van der Waals surface area contributed by atoms with Crippen molar-refractivity contribution in [1.82, 2.24) is 10.2 Å². The van der Waals surface area contributed by atoms with E-state index in [1.807, 2.05) is 12.1 Å². The molecule has 1 N–H and O–H groups in total. The molecule has 1 heterocycles. The molecule has 1 aromatic rings. The highest BCUT2D eigenvalue weighted by molar-refractivity contribution is 7.90. The SMILES string of the molecule is CC(C)c1ccc(C2NCC(=O)N2CCS(C)(=O)=O)cc1. The Labute approximate surface area is 126 Å². The fraction of sp³-hybridized carbons (Fsp3) is 0.533. The van der Waals surface area contributed by atoms with Crippen LogP contribution in [0.4, 0.5) is 0 Å². The molecule has 0 radical (unpaired) electrons. The van der Waals surface area contributed by atoms with Crippen molar-refractivity contribution in [2.24, 2.45) is 0 Å². The fourth-order valence-corrected chi connectivity index (χ4v) is 2.95. The van der Waals surface area contributed by atoms with Crippen LogP contribution in [-0.4, -0.2) is 44.3 Å². The van der Waals surface area contributed by atoms with Crippen LogP contribution in [0.25, 0.3) is 0 Å². The first-order valence-corrected chi connectivity index (χ1v) is 9.14. The molecule has 1 amide bonds. The topological polar surface area (TPSA) is 66.5 Å². The quantitative estimate of drug-likeness (QED) is 0.890. The van der Waals surface area contributed by atoms with E-state index in [4.69, 9.17) is 0 Å². The zero-order chi connectivity index (χ0) is 15.6. The Morgan fingerprint density at radius 2 is 1.90 bits per heavy atom. The van der Waals surface area contributed by atoms with E-state index in [0.29, 0.717) is 5.92 Å². The van der Waals surface area contributed by atoms with Crippen LogP contribution in [0, 0.1) is 0 Å². The van der Waals surface area contributed by atoms with E-state index in [1.165, 1.54) is 11.8 Å². The first kappa shape index (κ1) is 16.0. The van der Waals surface area contributed by atoms with Crippen molar-refractivity contribution in [2.75, 3.05) is 25.1 Å². The van der Waals surface area contributed by atoms with Gasteiger partial charge in [0, 0.05) is 12.8 Å². The van der Waals surface area contributed by atoms with E-state index in [-0.39, 0.29) is 30.9 Å². The summed E-state index contributed by atoms with van der Waals surface area (Å²) in [5.74, 6) is 0.385. The maximum absolute atomic E-state index is 11.9. The monoisotopic (exact) mass is 310 g/mol. The van der Waals surface area contributed by atoms with Crippen LogP contribution in [0.3, 0.4) is 0 Å².